The molecule has 1 aromatic carbocycles. The van der Waals surface area contributed by atoms with Crippen LogP contribution in [-0.4, -0.2) is 39.6 Å². The second kappa shape index (κ2) is 9.69. The van der Waals surface area contributed by atoms with E-state index in [0.717, 1.165) is 5.56 Å². The van der Waals surface area contributed by atoms with Gasteiger partial charge in [-0.1, -0.05) is 12.1 Å². The standard InChI is InChI=1S/C15H24FNO3/c1-12(2)19-9-10-20-15-13(5-4-6-14(15)16)11-17-7-8-18-3/h4-6,12,17H,7-11H2,1-3H3. The van der Waals surface area contributed by atoms with Crippen molar-refractivity contribution < 1.29 is 18.6 Å². The number of methoxy groups -OCH3 is 1. The summed E-state index contributed by atoms with van der Waals surface area (Å²) >= 11 is 0. The van der Waals surface area contributed by atoms with E-state index in [4.69, 9.17) is 14.2 Å². The average molecular weight is 285 g/mol. The summed E-state index contributed by atoms with van der Waals surface area (Å²) in [5, 5.41) is 3.18. The van der Waals surface area contributed by atoms with Gasteiger partial charge in [-0.25, -0.2) is 4.39 Å². The van der Waals surface area contributed by atoms with Gasteiger partial charge >= 0.3 is 0 Å². The topological polar surface area (TPSA) is 39.7 Å². The summed E-state index contributed by atoms with van der Waals surface area (Å²) in [6.45, 7) is 6.56. The minimum Gasteiger partial charge on any atom is -0.488 e. The zero-order valence-corrected chi connectivity index (χ0v) is 12.4. The summed E-state index contributed by atoms with van der Waals surface area (Å²) in [6, 6.07) is 4.93. The predicted octanol–water partition coefficient (Wildman–Crippen LogP) is 2.37. The molecule has 0 saturated carbocycles. The van der Waals surface area contributed by atoms with Crippen LogP contribution in [0.1, 0.15) is 19.4 Å². The minimum absolute atomic E-state index is 0.148. The molecule has 0 heterocycles. The molecule has 1 N–H and O–H groups in total. The van der Waals surface area contributed by atoms with Crippen molar-refractivity contribution in [1.29, 1.82) is 0 Å². The van der Waals surface area contributed by atoms with Crippen molar-refractivity contribution in [2.24, 2.45) is 0 Å². The minimum atomic E-state index is -0.347. The quantitative estimate of drug-likeness (QED) is 0.670. The lowest BCUT2D eigenvalue weighted by Gasteiger charge is -2.14. The molecule has 114 valence electrons. The Morgan fingerprint density at radius 2 is 2.00 bits per heavy atom. The van der Waals surface area contributed by atoms with Crippen molar-refractivity contribution in [3.05, 3.63) is 29.6 Å². The molecule has 0 atom stereocenters. The van der Waals surface area contributed by atoms with Crippen LogP contribution in [-0.2, 0) is 16.0 Å². The first-order valence-electron chi connectivity index (χ1n) is 6.86. The Hall–Kier alpha value is -1.17. The maximum absolute atomic E-state index is 13.8. The third-order valence-electron chi connectivity index (χ3n) is 2.63. The molecule has 1 rings (SSSR count). The Labute approximate surface area is 120 Å². The van der Waals surface area contributed by atoms with Crippen molar-refractivity contribution in [2.75, 3.05) is 33.5 Å². The van der Waals surface area contributed by atoms with Gasteiger partial charge in [0.25, 0.3) is 0 Å². The van der Waals surface area contributed by atoms with E-state index in [1.54, 1.807) is 13.2 Å². The van der Waals surface area contributed by atoms with Crippen LogP contribution >= 0.6 is 0 Å². The van der Waals surface area contributed by atoms with Crippen LogP contribution in [0.15, 0.2) is 18.2 Å². The fourth-order valence-electron chi connectivity index (χ4n) is 1.68. The van der Waals surface area contributed by atoms with E-state index < -0.39 is 0 Å². The van der Waals surface area contributed by atoms with Gasteiger partial charge in [-0.2, -0.15) is 0 Å². The highest BCUT2D eigenvalue weighted by Crippen LogP contribution is 2.22. The van der Waals surface area contributed by atoms with Crippen molar-refractivity contribution >= 4 is 0 Å². The fraction of sp³-hybridized carbons (Fsp3) is 0.600. The fourth-order valence-corrected chi connectivity index (χ4v) is 1.68. The van der Waals surface area contributed by atoms with Gasteiger partial charge in [-0.15, -0.1) is 0 Å². The lowest BCUT2D eigenvalue weighted by atomic mass is 10.2. The summed E-state index contributed by atoms with van der Waals surface area (Å²) in [4.78, 5) is 0. The summed E-state index contributed by atoms with van der Waals surface area (Å²) in [6.07, 6.45) is 0.148. The van der Waals surface area contributed by atoms with E-state index in [0.29, 0.717) is 38.7 Å². The molecule has 0 aliphatic rings. The van der Waals surface area contributed by atoms with Gasteiger partial charge in [0, 0.05) is 25.8 Å². The second-order valence-electron chi connectivity index (χ2n) is 4.67. The first-order chi connectivity index (χ1) is 9.65. The normalized spacial score (nSPS) is 11.1. The Morgan fingerprint density at radius 3 is 2.70 bits per heavy atom. The van der Waals surface area contributed by atoms with E-state index in [1.807, 2.05) is 19.9 Å². The highest BCUT2D eigenvalue weighted by atomic mass is 19.1. The number of rotatable bonds is 10. The van der Waals surface area contributed by atoms with Crippen molar-refractivity contribution in [3.8, 4) is 5.75 Å². The monoisotopic (exact) mass is 285 g/mol. The van der Waals surface area contributed by atoms with Crippen molar-refractivity contribution in [2.45, 2.75) is 26.5 Å². The summed E-state index contributed by atoms with van der Waals surface area (Å²) in [7, 11) is 1.65. The number of para-hydroxylation sites is 1. The number of hydrogen-bond donors (Lipinski definition) is 1. The number of halogens is 1. The third kappa shape index (κ3) is 6.32. The van der Waals surface area contributed by atoms with Gasteiger partial charge in [-0.3, -0.25) is 0 Å². The predicted molar refractivity (Wildman–Crippen MR) is 76.6 cm³/mol. The molecule has 0 radical (unpaired) electrons. The summed E-state index contributed by atoms with van der Waals surface area (Å²) < 4.78 is 29.6. The number of hydrogen-bond acceptors (Lipinski definition) is 4. The van der Waals surface area contributed by atoms with E-state index in [1.165, 1.54) is 6.07 Å². The van der Waals surface area contributed by atoms with E-state index in [9.17, 15) is 4.39 Å². The molecule has 0 unspecified atom stereocenters. The van der Waals surface area contributed by atoms with E-state index in [-0.39, 0.29) is 11.9 Å². The third-order valence-corrected chi connectivity index (χ3v) is 2.63. The van der Waals surface area contributed by atoms with Crippen LogP contribution in [0.2, 0.25) is 0 Å². The van der Waals surface area contributed by atoms with Gasteiger partial charge in [0.1, 0.15) is 6.61 Å². The van der Waals surface area contributed by atoms with Crippen LogP contribution < -0.4 is 10.1 Å². The Bertz CT molecular complexity index is 385. The lowest BCUT2D eigenvalue weighted by Crippen LogP contribution is -2.20. The van der Waals surface area contributed by atoms with Crippen molar-refractivity contribution in [3.63, 3.8) is 0 Å². The van der Waals surface area contributed by atoms with Crippen LogP contribution in [0.4, 0.5) is 4.39 Å². The smallest absolute Gasteiger partial charge is 0.165 e. The highest BCUT2D eigenvalue weighted by molar-refractivity contribution is 5.34. The molecule has 1 aromatic rings. The Balaban J connectivity index is 2.49. The number of benzene rings is 1. The highest BCUT2D eigenvalue weighted by Gasteiger charge is 2.09. The number of ether oxygens (including phenoxy) is 3. The molecule has 0 amide bonds. The molecule has 0 aromatic heterocycles. The molecule has 5 heteroatoms. The maximum atomic E-state index is 13.8. The number of nitrogens with one attached hydrogen (secondary N) is 1. The van der Waals surface area contributed by atoms with Crippen LogP contribution in [0.5, 0.6) is 5.75 Å². The van der Waals surface area contributed by atoms with Gasteiger partial charge in [0.2, 0.25) is 0 Å². The molecule has 0 aliphatic carbocycles. The first kappa shape index (κ1) is 16.9. The van der Waals surface area contributed by atoms with E-state index >= 15 is 0 Å². The molecular formula is C15H24FNO3. The average Bonchev–Trinajstić information content (AvgIpc) is 2.41. The molecule has 0 saturated heterocycles. The molecule has 0 fully saturated rings. The van der Waals surface area contributed by atoms with Crippen LogP contribution in [0.25, 0.3) is 0 Å². The van der Waals surface area contributed by atoms with E-state index in [2.05, 4.69) is 5.32 Å². The molecule has 20 heavy (non-hydrogen) atoms. The molecular weight excluding hydrogens is 261 g/mol. The van der Waals surface area contributed by atoms with Crippen molar-refractivity contribution in [1.82, 2.24) is 5.32 Å². The summed E-state index contributed by atoms with van der Waals surface area (Å²) in [5.74, 6) is -0.0506. The second-order valence-corrected chi connectivity index (χ2v) is 4.67. The van der Waals surface area contributed by atoms with Gasteiger partial charge < -0.3 is 19.5 Å². The molecule has 0 spiro atoms. The Morgan fingerprint density at radius 1 is 1.20 bits per heavy atom. The summed E-state index contributed by atoms with van der Waals surface area (Å²) in [5.41, 5.74) is 0.797. The molecule has 0 aliphatic heterocycles. The zero-order valence-electron chi connectivity index (χ0n) is 12.4. The van der Waals surface area contributed by atoms with Gasteiger partial charge in [-0.05, 0) is 19.9 Å². The SMILES string of the molecule is COCCNCc1cccc(F)c1OCCOC(C)C. The van der Waals surface area contributed by atoms with Gasteiger partial charge in [0.15, 0.2) is 11.6 Å². The Kier molecular flexibility index (Phi) is 8.18. The first-order valence-corrected chi connectivity index (χ1v) is 6.86. The van der Waals surface area contributed by atoms with Crippen LogP contribution in [0.3, 0.4) is 0 Å². The molecule has 4 nitrogen and oxygen atoms in total. The lowest BCUT2D eigenvalue weighted by molar-refractivity contribution is 0.0541. The molecule has 0 bridgehead atoms. The van der Waals surface area contributed by atoms with Gasteiger partial charge in [0.05, 0.1) is 19.3 Å². The zero-order chi connectivity index (χ0) is 14.8. The van der Waals surface area contributed by atoms with Crippen LogP contribution in [0, 0.1) is 5.82 Å². The largest absolute Gasteiger partial charge is 0.488 e. The maximum Gasteiger partial charge on any atom is 0.165 e.